The zero-order valence-electron chi connectivity index (χ0n) is 9.38. The number of hydrogen-bond donors (Lipinski definition) is 1. The number of ether oxygens (including phenoxy) is 1. The predicted octanol–water partition coefficient (Wildman–Crippen LogP) is 0.664. The number of hydrogen-bond acceptors (Lipinski definition) is 4. The van der Waals surface area contributed by atoms with Crippen LogP contribution in [0.1, 0.15) is 12.0 Å². The van der Waals surface area contributed by atoms with Gasteiger partial charge in [0.1, 0.15) is 11.8 Å². The summed E-state index contributed by atoms with van der Waals surface area (Å²) in [6, 6.07) is 6.93. The summed E-state index contributed by atoms with van der Waals surface area (Å²) in [4.78, 5) is 13.1. The minimum absolute atomic E-state index is 0.0993. The molecule has 1 amide bonds. The lowest BCUT2D eigenvalue weighted by atomic mass is 10.1. The van der Waals surface area contributed by atoms with Crippen molar-refractivity contribution in [3.8, 4) is 11.8 Å². The number of amides is 1. The Balaban J connectivity index is 2.43. The summed E-state index contributed by atoms with van der Waals surface area (Å²) < 4.78 is 5.07. The van der Waals surface area contributed by atoms with Crippen molar-refractivity contribution in [3.63, 3.8) is 0 Å². The van der Waals surface area contributed by atoms with E-state index in [2.05, 4.69) is 0 Å². The molecule has 0 saturated carbocycles. The SMILES string of the molecule is COc1ccc(C#N)c(N2CC(O)CC2=O)c1. The predicted molar refractivity (Wildman–Crippen MR) is 60.7 cm³/mol. The molecule has 0 spiro atoms. The van der Waals surface area contributed by atoms with Crippen molar-refractivity contribution in [3.05, 3.63) is 23.8 Å². The van der Waals surface area contributed by atoms with Gasteiger partial charge in [-0.05, 0) is 12.1 Å². The quantitative estimate of drug-likeness (QED) is 0.813. The average molecular weight is 232 g/mol. The van der Waals surface area contributed by atoms with Gasteiger partial charge in [-0.2, -0.15) is 5.26 Å². The second kappa shape index (κ2) is 4.44. The van der Waals surface area contributed by atoms with E-state index < -0.39 is 6.10 Å². The van der Waals surface area contributed by atoms with Gasteiger partial charge in [0.05, 0.1) is 37.4 Å². The third-order valence-electron chi connectivity index (χ3n) is 2.72. The van der Waals surface area contributed by atoms with Crippen molar-refractivity contribution in [1.82, 2.24) is 0 Å². The third-order valence-corrected chi connectivity index (χ3v) is 2.72. The van der Waals surface area contributed by atoms with E-state index in [9.17, 15) is 9.90 Å². The molecule has 1 heterocycles. The maximum Gasteiger partial charge on any atom is 0.229 e. The number of aliphatic hydroxyl groups excluding tert-OH is 1. The van der Waals surface area contributed by atoms with Crippen LogP contribution in [0, 0.1) is 11.3 Å². The molecule has 2 rings (SSSR count). The zero-order chi connectivity index (χ0) is 12.4. The molecule has 1 aromatic carbocycles. The van der Waals surface area contributed by atoms with Crippen LogP contribution in [-0.2, 0) is 4.79 Å². The Kier molecular flexibility index (Phi) is 2.98. The van der Waals surface area contributed by atoms with Crippen molar-refractivity contribution in [2.24, 2.45) is 0 Å². The van der Waals surface area contributed by atoms with Crippen LogP contribution in [0.25, 0.3) is 0 Å². The molecule has 5 heteroatoms. The van der Waals surface area contributed by atoms with Gasteiger partial charge in [-0.3, -0.25) is 4.79 Å². The van der Waals surface area contributed by atoms with E-state index >= 15 is 0 Å². The summed E-state index contributed by atoms with van der Waals surface area (Å²) in [5, 5.41) is 18.4. The van der Waals surface area contributed by atoms with Gasteiger partial charge >= 0.3 is 0 Å². The second-order valence-corrected chi connectivity index (χ2v) is 3.86. The monoisotopic (exact) mass is 232 g/mol. The van der Waals surface area contributed by atoms with E-state index in [1.54, 1.807) is 18.2 Å². The molecule has 1 aliphatic heterocycles. The first kappa shape index (κ1) is 11.4. The highest BCUT2D eigenvalue weighted by atomic mass is 16.5. The highest BCUT2D eigenvalue weighted by Gasteiger charge is 2.30. The average Bonchev–Trinajstić information content (AvgIpc) is 2.67. The molecule has 1 aliphatic rings. The molecule has 5 nitrogen and oxygen atoms in total. The van der Waals surface area contributed by atoms with Crippen LogP contribution in [0.2, 0.25) is 0 Å². The highest BCUT2D eigenvalue weighted by molar-refractivity contribution is 5.97. The van der Waals surface area contributed by atoms with Crippen molar-refractivity contribution < 1.29 is 14.6 Å². The Hall–Kier alpha value is -2.06. The standard InChI is InChI=1S/C12H12N2O3/c1-17-10-3-2-8(6-13)11(5-10)14-7-9(15)4-12(14)16/h2-3,5,9,15H,4,7H2,1H3. The Morgan fingerprint density at radius 3 is 2.88 bits per heavy atom. The van der Waals surface area contributed by atoms with Crippen LogP contribution in [0.3, 0.4) is 0 Å². The number of rotatable bonds is 2. The molecule has 0 radical (unpaired) electrons. The first-order valence-electron chi connectivity index (χ1n) is 5.22. The minimum Gasteiger partial charge on any atom is -0.497 e. The number of anilines is 1. The molecule has 1 N–H and O–H groups in total. The fourth-order valence-corrected chi connectivity index (χ4v) is 1.88. The van der Waals surface area contributed by atoms with Gasteiger partial charge < -0.3 is 14.7 Å². The minimum atomic E-state index is -0.666. The number of methoxy groups -OCH3 is 1. The number of carbonyl (C=O) groups is 1. The van der Waals surface area contributed by atoms with Crippen molar-refractivity contribution >= 4 is 11.6 Å². The Morgan fingerprint density at radius 2 is 2.35 bits per heavy atom. The molecule has 1 fully saturated rings. The van der Waals surface area contributed by atoms with Crippen LogP contribution in [0.15, 0.2) is 18.2 Å². The van der Waals surface area contributed by atoms with E-state index in [4.69, 9.17) is 10.00 Å². The van der Waals surface area contributed by atoms with Crippen LogP contribution >= 0.6 is 0 Å². The Morgan fingerprint density at radius 1 is 1.59 bits per heavy atom. The fourth-order valence-electron chi connectivity index (χ4n) is 1.88. The maximum atomic E-state index is 11.7. The van der Waals surface area contributed by atoms with Gasteiger partial charge in [0.15, 0.2) is 0 Å². The van der Waals surface area contributed by atoms with Gasteiger partial charge in [-0.25, -0.2) is 0 Å². The van der Waals surface area contributed by atoms with Gasteiger partial charge in [0.25, 0.3) is 0 Å². The van der Waals surface area contributed by atoms with Crippen molar-refractivity contribution in [1.29, 1.82) is 5.26 Å². The van der Waals surface area contributed by atoms with Crippen LogP contribution < -0.4 is 9.64 Å². The van der Waals surface area contributed by atoms with Gasteiger partial charge in [0.2, 0.25) is 5.91 Å². The number of benzene rings is 1. The van der Waals surface area contributed by atoms with E-state index in [0.717, 1.165) is 0 Å². The Bertz CT molecular complexity index is 493. The fraction of sp³-hybridized carbons (Fsp3) is 0.333. The van der Waals surface area contributed by atoms with E-state index in [0.29, 0.717) is 17.0 Å². The zero-order valence-corrected chi connectivity index (χ0v) is 9.38. The van der Waals surface area contributed by atoms with Crippen LogP contribution in [0.5, 0.6) is 5.75 Å². The van der Waals surface area contributed by atoms with Gasteiger partial charge in [0, 0.05) is 6.07 Å². The molecule has 0 aliphatic carbocycles. The van der Waals surface area contributed by atoms with Crippen molar-refractivity contribution in [2.45, 2.75) is 12.5 Å². The molecule has 1 atom stereocenters. The molecule has 17 heavy (non-hydrogen) atoms. The van der Waals surface area contributed by atoms with Crippen LogP contribution in [0.4, 0.5) is 5.69 Å². The summed E-state index contributed by atoms with van der Waals surface area (Å²) in [7, 11) is 1.52. The number of β-amino-alcohol motifs (C(OH)–C–C–N with tert-alkyl or cyclic N) is 1. The summed E-state index contributed by atoms with van der Waals surface area (Å²) in [5.41, 5.74) is 0.890. The second-order valence-electron chi connectivity index (χ2n) is 3.86. The van der Waals surface area contributed by atoms with E-state index in [1.165, 1.54) is 12.0 Å². The van der Waals surface area contributed by atoms with Gasteiger partial charge in [-0.1, -0.05) is 0 Å². The highest BCUT2D eigenvalue weighted by Crippen LogP contribution is 2.29. The number of nitrogens with zero attached hydrogens (tertiary/aromatic N) is 2. The molecule has 1 saturated heterocycles. The first-order chi connectivity index (χ1) is 8.15. The third kappa shape index (κ3) is 2.08. The molecule has 1 aromatic rings. The molecule has 1 unspecified atom stereocenters. The summed E-state index contributed by atoms with van der Waals surface area (Å²) >= 11 is 0. The normalized spacial score (nSPS) is 19.2. The van der Waals surface area contributed by atoms with E-state index in [1.807, 2.05) is 6.07 Å². The molecular formula is C12H12N2O3. The largest absolute Gasteiger partial charge is 0.497 e. The first-order valence-corrected chi connectivity index (χ1v) is 5.22. The van der Waals surface area contributed by atoms with Crippen LogP contribution in [-0.4, -0.2) is 30.8 Å². The molecule has 88 valence electrons. The maximum absolute atomic E-state index is 11.7. The summed E-state index contributed by atoms with van der Waals surface area (Å²) in [5.74, 6) is 0.399. The topological polar surface area (TPSA) is 73.6 Å². The summed E-state index contributed by atoms with van der Waals surface area (Å²) in [6.45, 7) is 0.223. The lowest BCUT2D eigenvalue weighted by molar-refractivity contribution is -0.117. The van der Waals surface area contributed by atoms with Crippen molar-refractivity contribution in [2.75, 3.05) is 18.6 Å². The smallest absolute Gasteiger partial charge is 0.229 e. The Labute approximate surface area is 98.8 Å². The van der Waals surface area contributed by atoms with Gasteiger partial charge in [-0.15, -0.1) is 0 Å². The number of carbonyl (C=O) groups excluding carboxylic acids is 1. The number of nitriles is 1. The lowest BCUT2D eigenvalue weighted by Crippen LogP contribution is -2.26. The molecule has 0 bridgehead atoms. The summed E-state index contributed by atoms with van der Waals surface area (Å²) in [6.07, 6.45) is -0.567. The molecular weight excluding hydrogens is 220 g/mol. The number of aliphatic hydroxyl groups is 1. The lowest BCUT2D eigenvalue weighted by Gasteiger charge is -2.18. The molecule has 0 aromatic heterocycles. The van der Waals surface area contributed by atoms with E-state index in [-0.39, 0.29) is 18.9 Å².